The fourth-order valence-electron chi connectivity index (χ4n) is 2.92. The number of methoxy groups -OCH3 is 2. The Labute approximate surface area is 203 Å². The van der Waals surface area contributed by atoms with Gasteiger partial charge in [-0.3, -0.25) is 4.72 Å². The SMILES string of the molecule is COc1nc(NSc2c[nH]c3c(/C(N)=C/C=C(/C)N)c(Cl)ccc23)nc(OC)c1OCC(F)F. The monoisotopic (exact) mass is 512 g/mol. The fourth-order valence-corrected chi connectivity index (χ4v) is 3.88. The Morgan fingerprint density at radius 2 is 1.88 bits per heavy atom. The van der Waals surface area contributed by atoms with Crippen LogP contribution in [-0.2, 0) is 0 Å². The molecule has 0 aliphatic carbocycles. The molecule has 0 aliphatic heterocycles. The van der Waals surface area contributed by atoms with Gasteiger partial charge in [-0.2, -0.15) is 9.97 Å². The zero-order chi connectivity index (χ0) is 24.8. The number of allylic oxidation sites excluding steroid dienone is 3. The number of aromatic nitrogens is 3. The van der Waals surface area contributed by atoms with Crippen molar-refractivity contribution in [3.63, 3.8) is 0 Å². The second kappa shape index (κ2) is 11.2. The molecule has 0 amide bonds. The molecule has 0 bridgehead atoms. The highest BCUT2D eigenvalue weighted by molar-refractivity contribution is 8.00. The molecule has 0 radical (unpaired) electrons. The van der Waals surface area contributed by atoms with E-state index < -0.39 is 13.0 Å². The molecule has 182 valence electrons. The van der Waals surface area contributed by atoms with Gasteiger partial charge in [-0.05, 0) is 37.1 Å². The van der Waals surface area contributed by atoms with Gasteiger partial charge in [0.15, 0.2) is 0 Å². The zero-order valence-electron chi connectivity index (χ0n) is 18.5. The molecule has 3 rings (SSSR count). The van der Waals surface area contributed by atoms with Crippen LogP contribution in [0.4, 0.5) is 14.7 Å². The van der Waals surface area contributed by atoms with Crippen molar-refractivity contribution in [1.82, 2.24) is 15.0 Å². The first-order valence-electron chi connectivity index (χ1n) is 9.78. The van der Waals surface area contributed by atoms with E-state index in [-0.39, 0.29) is 23.5 Å². The van der Waals surface area contributed by atoms with Gasteiger partial charge < -0.3 is 30.7 Å². The number of nitrogens with one attached hydrogen (secondary N) is 2. The molecule has 1 aromatic carbocycles. The molecule has 2 aromatic heterocycles. The van der Waals surface area contributed by atoms with Gasteiger partial charge in [0.25, 0.3) is 18.2 Å². The third kappa shape index (κ3) is 5.75. The van der Waals surface area contributed by atoms with Gasteiger partial charge in [-0.25, -0.2) is 8.78 Å². The Morgan fingerprint density at radius 3 is 2.47 bits per heavy atom. The summed E-state index contributed by atoms with van der Waals surface area (Å²) in [6, 6.07) is 3.59. The van der Waals surface area contributed by atoms with Crippen molar-refractivity contribution in [2.24, 2.45) is 11.5 Å². The highest BCUT2D eigenvalue weighted by Gasteiger charge is 2.20. The van der Waals surface area contributed by atoms with Crippen LogP contribution in [0.1, 0.15) is 12.5 Å². The van der Waals surface area contributed by atoms with Gasteiger partial charge in [0.05, 0.1) is 29.7 Å². The topological polar surface area (TPSA) is 133 Å². The van der Waals surface area contributed by atoms with Crippen LogP contribution >= 0.6 is 23.5 Å². The number of fused-ring (bicyclic) bond motifs is 1. The van der Waals surface area contributed by atoms with E-state index in [2.05, 4.69) is 19.7 Å². The largest absolute Gasteiger partial charge is 0.478 e. The number of H-pyrrole nitrogens is 1. The lowest BCUT2D eigenvalue weighted by molar-refractivity contribution is 0.0781. The summed E-state index contributed by atoms with van der Waals surface area (Å²) in [5.41, 5.74) is 14.4. The highest BCUT2D eigenvalue weighted by atomic mass is 35.5. The molecule has 2 heterocycles. The Kier molecular flexibility index (Phi) is 8.29. The standard InChI is InChI=1S/C21H23ClF2N6O3S/c1-10(25)4-7-13(26)16-12(22)6-5-11-14(8-27-17(11)16)34-30-21-28-19(31-2)18(20(29-21)32-3)33-9-15(23)24/h4-8,15,27H,9,25-26H2,1-3H3,(H,28,29,30)/b10-4-,13-7-. The molecule has 3 aromatic rings. The van der Waals surface area contributed by atoms with Crippen LogP contribution in [-0.4, -0.2) is 42.2 Å². The minimum atomic E-state index is -2.68. The fraction of sp³-hybridized carbons (Fsp3) is 0.238. The molecule has 0 fully saturated rings. The normalized spacial score (nSPS) is 12.3. The van der Waals surface area contributed by atoms with Crippen molar-refractivity contribution in [2.45, 2.75) is 18.2 Å². The van der Waals surface area contributed by atoms with Crippen LogP contribution in [0.5, 0.6) is 17.5 Å². The summed E-state index contributed by atoms with van der Waals surface area (Å²) in [6.45, 7) is 0.903. The summed E-state index contributed by atoms with van der Waals surface area (Å²) in [5, 5.41) is 1.32. The summed E-state index contributed by atoms with van der Waals surface area (Å²) in [4.78, 5) is 12.3. The lowest BCUT2D eigenvalue weighted by Gasteiger charge is -2.14. The number of benzene rings is 1. The minimum Gasteiger partial charge on any atom is -0.478 e. The van der Waals surface area contributed by atoms with Crippen LogP contribution in [0, 0.1) is 0 Å². The van der Waals surface area contributed by atoms with E-state index in [0.29, 0.717) is 22.0 Å². The highest BCUT2D eigenvalue weighted by Crippen LogP contribution is 2.38. The number of hydrogen-bond donors (Lipinski definition) is 4. The molecule has 34 heavy (non-hydrogen) atoms. The Bertz CT molecular complexity index is 1210. The first kappa shape index (κ1) is 25.2. The predicted molar refractivity (Wildman–Crippen MR) is 130 cm³/mol. The molecule has 0 saturated heterocycles. The molecule has 0 atom stereocenters. The molecule has 0 spiro atoms. The van der Waals surface area contributed by atoms with E-state index in [1.54, 1.807) is 31.3 Å². The van der Waals surface area contributed by atoms with Gasteiger partial charge in [0, 0.05) is 28.5 Å². The van der Waals surface area contributed by atoms with E-state index >= 15 is 0 Å². The quantitative estimate of drug-likeness (QED) is 0.228. The Morgan fingerprint density at radius 1 is 1.21 bits per heavy atom. The summed E-state index contributed by atoms with van der Waals surface area (Å²) in [7, 11) is 2.66. The number of ether oxygens (including phenoxy) is 3. The van der Waals surface area contributed by atoms with Crippen LogP contribution < -0.4 is 30.4 Å². The van der Waals surface area contributed by atoms with Gasteiger partial charge >= 0.3 is 0 Å². The predicted octanol–water partition coefficient (Wildman–Crippen LogP) is 4.55. The Balaban J connectivity index is 1.89. The molecule has 0 unspecified atom stereocenters. The molecule has 6 N–H and O–H groups in total. The van der Waals surface area contributed by atoms with Crippen molar-refractivity contribution >= 4 is 46.1 Å². The first-order valence-corrected chi connectivity index (χ1v) is 11.0. The maximum absolute atomic E-state index is 12.6. The molecule has 13 heteroatoms. The van der Waals surface area contributed by atoms with E-state index in [0.717, 1.165) is 15.8 Å². The first-order chi connectivity index (χ1) is 16.2. The maximum Gasteiger partial charge on any atom is 0.272 e. The summed E-state index contributed by atoms with van der Waals surface area (Å²) in [5.74, 6) is -0.0969. The van der Waals surface area contributed by atoms with Crippen molar-refractivity contribution in [3.8, 4) is 17.5 Å². The molecule has 0 aliphatic rings. The van der Waals surface area contributed by atoms with Gasteiger partial charge in [-0.15, -0.1) is 0 Å². The van der Waals surface area contributed by atoms with E-state index in [4.69, 9.17) is 37.3 Å². The third-order valence-corrected chi connectivity index (χ3v) is 5.54. The minimum absolute atomic E-state index is 0.0512. The van der Waals surface area contributed by atoms with E-state index in [9.17, 15) is 8.78 Å². The van der Waals surface area contributed by atoms with Crippen LogP contribution in [0.25, 0.3) is 16.6 Å². The van der Waals surface area contributed by atoms with Crippen LogP contribution in [0.3, 0.4) is 0 Å². The smallest absolute Gasteiger partial charge is 0.272 e. The molecule has 9 nitrogen and oxygen atoms in total. The van der Waals surface area contributed by atoms with Gasteiger partial charge in [0.2, 0.25) is 11.7 Å². The Hall–Kier alpha value is -3.38. The molecular weight excluding hydrogens is 490 g/mol. The number of rotatable bonds is 10. The number of anilines is 1. The molecular formula is C21H23ClF2N6O3S. The second-order valence-corrected chi connectivity index (χ2v) is 8.09. The number of nitrogens with zero attached hydrogens (tertiary/aromatic N) is 2. The van der Waals surface area contributed by atoms with E-state index in [1.165, 1.54) is 26.2 Å². The average molecular weight is 513 g/mol. The summed E-state index contributed by atoms with van der Waals surface area (Å²) in [6.07, 6.45) is 2.47. The van der Waals surface area contributed by atoms with Crippen LogP contribution in [0.15, 0.2) is 41.1 Å². The summed E-state index contributed by atoms with van der Waals surface area (Å²) < 4.78 is 43.5. The third-order valence-electron chi connectivity index (χ3n) is 4.38. The maximum atomic E-state index is 12.6. The van der Waals surface area contributed by atoms with Crippen LogP contribution in [0.2, 0.25) is 5.02 Å². The average Bonchev–Trinajstić information content (AvgIpc) is 3.22. The van der Waals surface area contributed by atoms with E-state index in [1.807, 2.05) is 6.07 Å². The number of alkyl halides is 2. The number of aromatic amines is 1. The molecule has 0 saturated carbocycles. The number of halogens is 3. The van der Waals surface area contributed by atoms with Crippen molar-refractivity contribution in [2.75, 3.05) is 25.5 Å². The van der Waals surface area contributed by atoms with Crippen molar-refractivity contribution in [3.05, 3.63) is 46.8 Å². The van der Waals surface area contributed by atoms with Crippen molar-refractivity contribution in [1.29, 1.82) is 0 Å². The van der Waals surface area contributed by atoms with Gasteiger partial charge in [-0.1, -0.05) is 17.7 Å². The lowest BCUT2D eigenvalue weighted by atomic mass is 10.1. The second-order valence-electron chi connectivity index (χ2n) is 6.83. The zero-order valence-corrected chi connectivity index (χ0v) is 20.1. The number of hydrogen-bond acceptors (Lipinski definition) is 9. The number of nitrogens with two attached hydrogens (primary N) is 2. The lowest BCUT2D eigenvalue weighted by Crippen LogP contribution is -2.11. The van der Waals surface area contributed by atoms with Crippen molar-refractivity contribution < 1.29 is 23.0 Å². The summed E-state index contributed by atoms with van der Waals surface area (Å²) >= 11 is 7.60. The van der Waals surface area contributed by atoms with Gasteiger partial charge in [0.1, 0.15) is 6.61 Å².